The number of nitrogens with two attached hydrogens (primary N) is 1. The van der Waals surface area contributed by atoms with Gasteiger partial charge in [-0.1, -0.05) is 13.3 Å². The van der Waals surface area contributed by atoms with Gasteiger partial charge in [-0.05, 0) is 44.6 Å². The van der Waals surface area contributed by atoms with E-state index < -0.39 is 0 Å². The number of halogens is 2. The zero-order valence-electron chi connectivity index (χ0n) is 13.6. The molecule has 1 amide bonds. The molecule has 4 nitrogen and oxygen atoms in total. The first-order chi connectivity index (χ1) is 9.69. The number of likely N-dealkylation sites (N-methyl/N-ethyl adjacent to an activating group) is 1. The van der Waals surface area contributed by atoms with Gasteiger partial charge >= 0.3 is 0 Å². The van der Waals surface area contributed by atoms with E-state index in [0.29, 0.717) is 30.3 Å². The molecule has 2 N–H and O–H groups in total. The number of amides is 1. The summed E-state index contributed by atoms with van der Waals surface area (Å²) >= 11 is 0. The highest BCUT2D eigenvalue weighted by atomic mass is 35.5. The molecular weight excluding hydrogens is 321 g/mol. The van der Waals surface area contributed by atoms with Crippen molar-refractivity contribution in [2.45, 2.75) is 70.0 Å². The summed E-state index contributed by atoms with van der Waals surface area (Å²) in [6.07, 6.45) is 7.72. The molecule has 1 saturated carbocycles. The molecule has 0 aromatic heterocycles. The summed E-state index contributed by atoms with van der Waals surface area (Å²) in [5, 5.41) is 0. The van der Waals surface area contributed by atoms with Crippen LogP contribution in [0, 0.1) is 5.92 Å². The molecule has 6 heteroatoms. The lowest BCUT2D eigenvalue weighted by Gasteiger charge is -2.30. The van der Waals surface area contributed by atoms with E-state index in [0.717, 1.165) is 38.9 Å². The van der Waals surface area contributed by atoms with Crippen molar-refractivity contribution in [2.24, 2.45) is 11.7 Å². The molecule has 2 saturated heterocycles. The molecule has 0 spiro atoms. The van der Waals surface area contributed by atoms with Crippen LogP contribution in [0.5, 0.6) is 0 Å². The van der Waals surface area contributed by atoms with Gasteiger partial charge in [0.05, 0.1) is 0 Å². The van der Waals surface area contributed by atoms with Gasteiger partial charge in [-0.15, -0.1) is 24.8 Å². The van der Waals surface area contributed by atoms with Gasteiger partial charge < -0.3 is 15.5 Å². The summed E-state index contributed by atoms with van der Waals surface area (Å²) in [5.41, 5.74) is 6.14. The van der Waals surface area contributed by atoms with E-state index >= 15 is 0 Å². The maximum absolute atomic E-state index is 12.8. The molecule has 2 unspecified atom stereocenters. The molecule has 0 aromatic rings. The predicted octanol–water partition coefficient (Wildman–Crippen LogP) is 2.43. The quantitative estimate of drug-likeness (QED) is 0.849. The second kappa shape index (κ2) is 8.72. The van der Waals surface area contributed by atoms with Gasteiger partial charge in [0.15, 0.2) is 0 Å². The summed E-state index contributed by atoms with van der Waals surface area (Å²) in [4.78, 5) is 17.5. The fourth-order valence-electron chi connectivity index (χ4n) is 4.49. The Hall–Kier alpha value is -0.0300. The molecular formula is C16H31Cl2N3O. The lowest BCUT2D eigenvalue weighted by Crippen LogP contribution is -2.44. The fourth-order valence-corrected chi connectivity index (χ4v) is 4.49. The molecule has 2 aliphatic heterocycles. The van der Waals surface area contributed by atoms with Gasteiger partial charge in [-0.3, -0.25) is 4.79 Å². The smallest absolute Gasteiger partial charge is 0.223 e. The molecule has 3 rings (SSSR count). The Morgan fingerprint density at radius 2 is 1.82 bits per heavy atom. The molecule has 3 fully saturated rings. The number of carbonyl (C=O) groups is 1. The first-order valence-corrected chi connectivity index (χ1v) is 8.48. The number of carbonyl (C=O) groups excluding carboxylic acids is 1. The molecule has 3 aliphatic rings. The molecule has 0 aromatic carbocycles. The van der Waals surface area contributed by atoms with E-state index in [2.05, 4.69) is 16.7 Å². The number of rotatable bonds is 3. The second-order valence-corrected chi connectivity index (χ2v) is 6.93. The highest BCUT2D eigenvalue weighted by Gasteiger charge is 2.40. The minimum Gasteiger partial charge on any atom is -0.335 e. The Labute approximate surface area is 147 Å². The lowest BCUT2D eigenvalue weighted by molar-refractivity contribution is -0.135. The molecule has 22 heavy (non-hydrogen) atoms. The number of nitrogens with zero attached hydrogens (tertiary/aromatic N) is 2. The van der Waals surface area contributed by atoms with Crippen LogP contribution in [0.4, 0.5) is 0 Å². The van der Waals surface area contributed by atoms with Crippen molar-refractivity contribution < 1.29 is 4.79 Å². The van der Waals surface area contributed by atoms with Crippen LogP contribution < -0.4 is 5.73 Å². The van der Waals surface area contributed by atoms with Gasteiger partial charge in [-0.2, -0.15) is 0 Å². The Balaban J connectivity index is 0.00000121. The third-order valence-electron chi connectivity index (χ3n) is 5.76. The van der Waals surface area contributed by atoms with Crippen LogP contribution in [0.15, 0.2) is 0 Å². The molecule has 130 valence electrons. The highest BCUT2D eigenvalue weighted by Crippen LogP contribution is 2.33. The van der Waals surface area contributed by atoms with E-state index in [4.69, 9.17) is 5.73 Å². The number of likely N-dealkylation sites (tertiary alicyclic amines) is 1. The first kappa shape index (κ1) is 20.0. The van der Waals surface area contributed by atoms with E-state index in [1.165, 1.54) is 19.3 Å². The zero-order valence-corrected chi connectivity index (χ0v) is 15.2. The summed E-state index contributed by atoms with van der Waals surface area (Å²) in [6.45, 7) is 5.57. The van der Waals surface area contributed by atoms with Gasteiger partial charge in [0.1, 0.15) is 0 Å². The third-order valence-corrected chi connectivity index (χ3v) is 5.76. The average Bonchev–Trinajstić information content (AvgIpc) is 2.93. The number of fused-ring (bicyclic) bond motifs is 2. The Morgan fingerprint density at radius 1 is 1.09 bits per heavy atom. The normalized spacial score (nSPS) is 34.7. The van der Waals surface area contributed by atoms with E-state index in [1.807, 2.05) is 0 Å². The zero-order chi connectivity index (χ0) is 14.1. The van der Waals surface area contributed by atoms with Gasteiger partial charge in [-0.25, -0.2) is 0 Å². The summed E-state index contributed by atoms with van der Waals surface area (Å²) < 4.78 is 0. The van der Waals surface area contributed by atoms with E-state index in [1.54, 1.807) is 0 Å². The molecule has 2 bridgehead atoms. The van der Waals surface area contributed by atoms with Crippen LogP contribution in [-0.2, 0) is 4.79 Å². The van der Waals surface area contributed by atoms with Crippen molar-refractivity contribution in [3.8, 4) is 0 Å². The first-order valence-electron chi connectivity index (χ1n) is 8.48. The Bertz CT molecular complexity index is 369. The molecule has 0 radical (unpaired) electrons. The molecule has 1 aliphatic carbocycles. The highest BCUT2D eigenvalue weighted by molar-refractivity contribution is 5.85. The van der Waals surface area contributed by atoms with Crippen molar-refractivity contribution in [1.29, 1.82) is 0 Å². The van der Waals surface area contributed by atoms with Gasteiger partial charge in [0.25, 0.3) is 0 Å². The monoisotopic (exact) mass is 351 g/mol. The number of hydrogen-bond donors (Lipinski definition) is 1. The Morgan fingerprint density at radius 3 is 2.45 bits per heavy atom. The minimum atomic E-state index is 0. The van der Waals surface area contributed by atoms with Crippen molar-refractivity contribution in [2.75, 3.05) is 19.6 Å². The third kappa shape index (κ3) is 4.08. The van der Waals surface area contributed by atoms with Crippen molar-refractivity contribution >= 4 is 30.7 Å². The van der Waals surface area contributed by atoms with Crippen molar-refractivity contribution in [3.63, 3.8) is 0 Å². The minimum absolute atomic E-state index is 0. The summed E-state index contributed by atoms with van der Waals surface area (Å²) in [7, 11) is 0. The fraction of sp³-hybridized carbons (Fsp3) is 0.938. The van der Waals surface area contributed by atoms with Crippen LogP contribution in [0.3, 0.4) is 0 Å². The van der Waals surface area contributed by atoms with Crippen molar-refractivity contribution in [3.05, 3.63) is 0 Å². The van der Waals surface area contributed by atoms with Crippen LogP contribution >= 0.6 is 24.8 Å². The maximum Gasteiger partial charge on any atom is 0.223 e. The lowest BCUT2D eigenvalue weighted by atomic mass is 9.99. The average molecular weight is 352 g/mol. The SMILES string of the molecule is CCN1CCC2CCC(C1)N2C(=O)C[C@@H]1CCC[C@H]1N.Cl.Cl. The topological polar surface area (TPSA) is 49.6 Å². The summed E-state index contributed by atoms with van der Waals surface area (Å²) in [6, 6.07) is 1.23. The Kier molecular flexibility index (Phi) is 7.93. The van der Waals surface area contributed by atoms with Crippen LogP contribution in [0.1, 0.15) is 51.9 Å². The molecule has 4 atom stereocenters. The van der Waals surface area contributed by atoms with E-state index in [9.17, 15) is 4.79 Å². The largest absolute Gasteiger partial charge is 0.335 e. The van der Waals surface area contributed by atoms with Gasteiger partial charge in [0.2, 0.25) is 5.91 Å². The van der Waals surface area contributed by atoms with E-state index in [-0.39, 0.29) is 30.9 Å². The van der Waals surface area contributed by atoms with Crippen LogP contribution in [0.2, 0.25) is 0 Å². The molecule has 2 heterocycles. The van der Waals surface area contributed by atoms with Crippen LogP contribution in [0.25, 0.3) is 0 Å². The van der Waals surface area contributed by atoms with Gasteiger partial charge in [0, 0.05) is 37.6 Å². The number of hydrogen-bond acceptors (Lipinski definition) is 3. The standard InChI is InChI=1S/C16H29N3O.2ClH/c1-2-18-9-8-13-6-7-14(11-18)19(13)16(20)10-12-4-3-5-15(12)17;;/h12-15H,2-11,17H2,1H3;2*1H/t12-,13?,14?,15+;;/m0../s1. The second-order valence-electron chi connectivity index (χ2n) is 6.93. The van der Waals surface area contributed by atoms with Crippen LogP contribution in [-0.4, -0.2) is 53.5 Å². The van der Waals surface area contributed by atoms with Crippen molar-refractivity contribution in [1.82, 2.24) is 9.80 Å². The predicted molar refractivity (Wildman–Crippen MR) is 94.8 cm³/mol. The maximum atomic E-state index is 12.8. The summed E-state index contributed by atoms with van der Waals surface area (Å²) in [5.74, 6) is 0.824.